The molecule has 0 aromatic heterocycles. The molecule has 0 aliphatic heterocycles. The molecule has 0 saturated carbocycles. The van der Waals surface area contributed by atoms with Gasteiger partial charge in [0, 0.05) is 5.56 Å². The average Bonchev–Trinajstić information content (AvgIpc) is 2.61. The van der Waals surface area contributed by atoms with Crippen LogP contribution >= 0.6 is 0 Å². The lowest BCUT2D eigenvalue weighted by Gasteiger charge is -2.42. The smallest absolute Gasteiger partial charge is 0.166 e. The van der Waals surface area contributed by atoms with Gasteiger partial charge in [-0.25, -0.2) is 0 Å². The van der Waals surface area contributed by atoms with Crippen LogP contribution < -0.4 is 16.4 Å². The Hall–Kier alpha value is -0.730. The predicted molar refractivity (Wildman–Crippen MR) is 122 cm³/mol. The minimum Gasteiger partial charge on any atom is -0.166 e. The molecular formula is C22H31B4F3. The van der Waals surface area contributed by atoms with Gasteiger partial charge in [-0.05, 0) is 35.1 Å². The van der Waals surface area contributed by atoms with E-state index in [1.54, 1.807) is 0 Å². The number of benzene rings is 1. The van der Waals surface area contributed by atoms with Gasteiger partial charge in [-0.1, -0.05) is 83.7 Å². The zero-order valence-electron chi connectivity index (χ0n) is 18.8. The zero-order chi connectivity index (χ0) is 22.8. The first kappa shape index (κ1) is 26.3. The molecule has 0 bridgehead atoms. The van der Waals surface area contributed by atoms with Gasteiger partial charge in [-0.15, -0.1) is 5.46 Å². The largest absolute Gasteiger partial charge is 0.415 e. The van der Waals surface area contributed by atoms with Crippen molar-refractivity contribution in [2.24, 2.45) is 5.41 Å². The summed E-state index contributed by atoms with van der Waals surface area (Å²) in [7, 11) is 25.1. The maximum absolute atomic E-state index is 13.8. The molecule has 7 heteroatoms. The third-order valence-corrected chi connectivity index (χ3v) is 6.46. The van der Waals surface area contributed by atoms with Crippen molar-refractivity contribution in [2.75, 3.05) is 0 Å². The number of halogens is 3. The van der Waals surface area contributed by atoms with E-state index in [1.165, 1.54) is 0 Å². The van der Waals surface area contributed by atoms with Gasteiger partial charge in [-0.3, -0.25) is 0 Å². The van der Waals surface area contributed by atoms with Crippen LogP contribution in [0.15, 0.2) is 0 Å². The number of alkyl halides is 3. The summed E-state index contributed by atoms with van der Waals surface area (Å²) >= 11 is 0. The molecule has 0 aliphatic carbocycles. The molecule has 2 atom stereocenters. The topological polar surface area (TPSA) is 0 Å². The van der Waals surface area contributed by atoms with Crippen molar-refractivity contribution in [1.29, 1.82) is 0 Å². The normalized spacial score (nSPS) is 15.9. The van der Waals surface area contributed by atoms with Crippen LogP contribution in [0.1, 0.15) is 103 Å². The summed E-state index contributed by atoms with van der Waals surface area (Å²) in [6.07, 6.45) is 0.230. The van der Waals surface area contributed by atoms with Gasteiger partial charge in [0.1, 0.15) is 23.5 Å². The van der Waals surface area contributed by atoms with Crippen molar-refractivity contribution in [2.45, 2.75) is 97.5 Å². The number of hydrogen-bond donors (Lipinski definition) is 0. The number of hydrogen-bond acceptors (Lipinski definition) is 0. The predicted octanol–water partition coefficient (Wildman–Crippen LogP) is 3.98. The van der Waals surface area contributed by atoms with Gasteiger partial charge in [-0.2, -0.15) is 13.2 Å². The highest BCUT2D eigenvalue weighted by atomic mass is 19.4. The quantitative estimate of drug-likeness (QED) is 0.555. The van der Waals surface area contributed by atoms with E-state index >= 15 is 0 Å². The maximum Gasteiger partial charge on any atom is 0.415 e. The molecule has 1 aromatic rings. The molecule has 0 saturated heterocycles. The van der Waals surface area contributed by atoms with Crippen LogP contribution in [0.25, 0.3) is 0 Å². The van der Waals surface area contributed by atoms with Crippen LogP contribution in [0.2, 0.25) is 0 Å². The molecule has 0 fully saturated rings. The highest BCUT2D eigenvalue weighted by molar-refractivity contribution is 6.52. The monoisotopic (exact) mass is 396 g/mol. The van der Waals surface area contributed by atoms with Crippen molar-refractivity contribution in [3.05, 3.63) is 16.7 Å². The van der Waals surface area contributed by atoms with E-state index in [-0.39, 0.29) is 16.3 Å². The molecule has 0 aliphatic rings. The van der Waals surface area contributed by atoms with E-state index in [1.807, 2.05) is 34.6 Å². The van der Waals surface area contributed by atoms with Crippen LogP contribution in [-0.4, -0.2) is 31.4 Å². The van der Waals surface area contributed by atoms with Gasteiger partial charge in [0.2, 0.25) is 0 Å². The highest BCUT2D eigenvalue weighted by Gasteiger charge is 2.41. The van der Waals surface area contributed by atoms with E-state index in [9.17, 15) is 13.2 Å². The van der Waals surface area contributed by atoms with Crippen LogP contribution in [0.5, 0.6) is 0 Å². The molecule has 2 unspecified atom stereocenters. The fourth-order valence-electron chi connectivity index (χ4n) is 4.40. The SMILES string of the molecule is [B]c1c([B])c(C(F)(F)F)c([B])c(C(C)(C)CCCC)c1C([B])C(C)(CC)CCC. The first-order valence-electron chi connectivity index (χ1n) is 10.5. The molecule has 0 heterocycles. The molecule has 0 nitrogen and oxygen atoms in total. The fourth-order valence-corrected chi connectivity index (χ4v) is 4.40. The first-order valence-corrected chi connectivity index (χ1v) is 10.5. The van der Waals surface area contributed by atoms with E-state index in [2.05, 4.69) is 6.92 Å². The summed E-state index contributed by atoms with van der Waals surface area (Å²) in [4.78, 5) is 0. The molecule has 0 N–H and O–H groups in total. The summed E-state index contributed by atoms with van der Waals surface area (Å²) in [6, 6.07) is 0. The van der Waals surface area contributed by atoms with Crippen molar-refractivity contribution >= 4 is 47.8 Å². The van der Waals surface area contributed by atoms with Crippen molar-refractivity contribution in [1.82, 2.24) is 0 Å². The van der Waals surface area contributed by atoms with E-state index < -0.39 is 28.4 Å². The van der Waals surface area contributed by atoms with E-state index in [4.69, 9.17) is 31.4 Å². The minimum absolute atomic E-state index is 0.0885. The summed E-state index contributed by atoms with van der Waals surface area (Å²) in [5.74, 6) is -0.574. The van der Waals surface area contributed by atoms with Gasteiger partial charge < -0.3 is 0 Å². The Morgan fingerprint density at radius 1 is 0.793 bits per heavy atom. The zero-order valence-corrected chi connectivity index (χ0v) is 18.8. The molecule has 0 amide bonds. The second-order valence-corrected chi connectivity index (χ2v) is 9.13. The average molecular weight is 396 g/mol. The standard InChI is InChI=1S/C22H31B4F3/c1-7-10-12-20(4,5)14-13(19(26)21(6,9-3)11-8-2)16(23)18(25)15(17(14)24)22(27,28)29/h19H,7-12H2,1-6H3. The first-order chi connectivity index (χ1) is 13.2. The Balaban J connectivity index is 3.98. The van der Waals surface area contributed by atoms with Crippen LogP contribution in [0.3, 0.4) is 0 Å². The maximum atomic E-state index is 13.8. The van der Waals surface area contributed by atoms with Gasteiger partial charge >= 0.3 is 6.18 Å². The van der Waals surface area contributed by atoms with Crippen molar-refractivity contribution in [3.8, 4) is 0 Å². The summed E-state index contributed by atoms with van der Waals surface area (Å²) in [5.41, 5.74) is -2.09. The number of unbranched alkanes of at least 4 members (excludes halogenated alkanes) is 1. The molecule has 1 rings (SSSR count). The summed E-state index contributed by atoms with van der Waals surface area (Å²) in [6.45, 7) is 12.0. The Morgan fingerprint density at radius 2 is 1.34 bits per heavy atom. The third kappa shape index (κ3) is 5.31. The molecule has 8 radical (unpaired) electrons. The Morgan fingerprint density at radius 3 is 1.76 bits per heavy atom. The lowest BCUT2D eigenvalue weighted by Crippen LogP contribution is -2.48. The van der Waals surface area contributed by atoms with Crippen molar-refractivity contribution in [3.63, 3.8) is 0 Å². The van der Waals surface area contributed by atoms with Gasteiger partial charge in [0.25, 0.3) is 0 Å². The minimum atomic E-state index is -4.70. The van der Waals surface area contributed by atoms with Gasteiger partial charge in [0.05, 0.1) is 7.85 Å². The molecule has 1 aromatic carbocycles. The number of rotatable bonds is 9. The molecule has 29 heavy (non-hydrogen) atoms. The second kappa shape index (κ2) is 9.60. The Kier molecular flexibility index (Phi) is 8.71. The Labute approximate surface area is 180 Å². The third-order valence-electron chi connectivity index (χ3n) is 6.46. The molecular weight excluding hydrogens is 364 g/mol. The Bertz CT molecular complexity index is 713. The van der Waals surface area contributed by atoms with Crippen molar-refractivity contribution < 1.29 is 13.2 Å². The summed E-state index contributed by atoms with van der Waals surface area (Å²) < 4.78 is 41.4. The summed E-state index contributed by atoms with van der Waals surface area (Å²) in [5, 5.41) is 0. The van der Waals surface area contributed by atoms with Crippen LogP contribution in [0.4, 0.5) is 13.2 Å². The van der Waals surface area contributed by atoms with Crippen LogP contribution in [0, 0.1) is 5.41 Å². The lowest BCUT2D eigenvalue weighted by molar-refractivity contribution is -0.135. The highest BCUT2D eigenvalue weighted by Crippen LogP contribution is 2.44. The molecule has 0 spiro atoms. The lowest BCUT2D eigenvalue weighted by atomic mass is 9.52. The van der Waals surface area contributed by atoms with Gasteiger partial charge in [0.15, 0.2) is 0 Å². The molecule has 152 valence electrons. The fraction of sp³-hybridized carbons (Fsp3) is 0.727. The van der Waals surface area contributed by atoms with E-state index in [0.717, 1.165) is 32.1 Å². The van der Waals surface area contributed by atoms with E-state index in [0.29, 0.717) is 17.5 Å². The van der Waals surface area contributed by atoms with Crippen LogP contribution in [-0.2, 0) is 11.6 Å². The second-order valence-electron chi connectivity index (χ2n) is 9.13.